The van der Waals surface area contributed by atoms with Gasteiger partial charge in [0.25, 0.3) is 0 Å². The second-order valence-electron chi connectivity index (χ2n) is 5.63. The molecular formula is C13H25NO3. The monoisotopic (exact) mass is 243 g/mol. The molecule has 0 heterocycles. The molecule has 2 unspecified atom stereocenters. The van der Waals surface area contributed by atoms with Gasteiger partial charge < -0.3 is 15.9 Å². The van der Waals surface area contributed by atoms with Gasteiger partial charge in [0.1, 0.15) is 0 Å². The summed E-state index contributed by atoms with van der Waals surface area (Å²) in [5.74, 6) is -1.10. The molecule has 0 bridgehead atoms. The number of carboxylic acid groups (broad SMARTS) is 1. The highest BCUT2D eigenvalue weighted by molar-refractivity contribution is 5.78. The maximum Gasteiger partial charge on any atom is 0.337 e. The van der Waals surface area contributed by atoms with E-state index in [1.807, 2.05) is 0 Å². The molecule has 2 atom stereocenters. The van der Waals surface area contributed by atoms with Crippen molar-refractivity contribution < 1.29 is 15.0 Å². The van der Waals surface area contributed by atoms with E-state index in [9.17, 15) is 15.0 Å². The van der Waals surface area contributed by atoms with E-state index in [4.69, 9.17) is 5.73 Å². The lowest BCUT2D eigenvalue weighted by Gasteiger charge is -2.36. The van der Waals surface area contributed by atoms with E-state index in [-0.39, 0.29) is 5.92 Å². The molecule has 0 saturated heterocycles. The lowest BCUT2D eigenvalue weighted by molar-refractivity contribution is -0.167. The van der Waals surface area contributed by atoms with Crippen LogP contribution in [0.3, 0.4) is 0 Å². The van der Waals surface area contributed by atoms with E-state index in [1.54, 1.807) is 13.8 Å². The van der Waals surface area contributed by atoms with Crippen LogP contribution in [0, 0.1) is 11.8 Å². The molecule has 4 heteroatoms. The van der Waals surface area contributed by atoms with Crippen molar-refractivity contribution in [2.75, 3.05) is 0 Å². The molecule has 0 spiro atoms. The topological polar surface area (TPSA) is 83.5 Å². The van der Waals surface area contributed by atoms with Crippen LogP contribution in [0.15, 0.2) is 0 Å². The predicted molar refractivity (Wildman–Crippen MR) is 66.6 cm³/mol. The number of aliphatic carboxylic acids is 1. The van der Waals surface area contributed by atoms with Crippen molar-refractivity contribution in [3.8, 4) is 0 Å². The zero-order valence-corrected chi connectivity index (χ0v) is 10.9. The van der Waals surface area contributed by atoms with E-state index < -0.39 is 17.6 Å². The molecule has 1 saturated carbocycles. The summed E-state index contributed by atoms with van der Waals surface area (Å²) >= 11 is 0. The highest BCUT2D eigenvalue weighted by atomic mass is 16.4. The summed E-state index contributed by atoms with van der Waals surface area (Å²) in [4.78, 5) is 11.2. The Hall–Kier alpha value is -0.610. The largest absolute Gasteiger partial charge is 0.479 e. The normalized spacial score (nSPS) is 23.4. The van der Waals surface area contributed by atoms with Crippen molar-refractivity contribution in [2.24, 2.45) is 17.6 Å². The van der Waals surface area contributed by atoms with Gasteiger partial charge in [-0.1, -0.05) is 46.0 Å². The number of aliphatic hydroxyl groups is 1. The van der Waals surface area contributed by atoms with Gasteiger partial charge in [0.15, 0.2) is 5.60 Å². The molecule has 0 radical (unpaired) electrons. The van der Waals surface area contributed by atoms with E-state index >= 15 is 0 Å². The van der Waals surface area contributed by atoms with Crippen LogP contribution in [-0.2, 0) is 4.79 Å². The van der Waals surface area contributed by atoms with E-state index in [0.29, 0.717) is 12.3 Å². The van der Waals surface area contributed by atoms with Crippen LogP contribution in [0.4, 0.5) is 0 Å². The van der Waals surface area contributed by atoms with E-state index in [0.717, 1.165) is 12.8 Å². The van der Waals surface area contributed by atoms with Crippen LogP contribution in [0.5, 0.6) is 0 Å². The number of carboxylic acids is 1. The quantitative estimate of drug-likeness (QED) is 0.687. The molecule has 17 heavy (non-hydrogen) atoms. The fourth-order valence-electron chi connectivity index (χ4n) is 2.80. The molecule has 100 valence electrons. The Morgan fingerprint density at radius 3 is 2.29 bits per heavy atom. The van der Waals surface area contributed by atoms with Gasteiger partial charge in [0.2, 0.25) is 0 Å². The first kappa shape index (κ1) is 14.5. The summed E-state index contributed by atoms with van der Waals surface area (Å²) in [7, 11) is 0. The van der Waals surface area contributed by atoms with Gasteiger partial charge in [0.05, 0.1) is 0 Å². The molecule has 0 aromatic rings. The number of nitrogens with two attached hydrogens (primary N) is 1. The number of carbonyl (C=O) groups is 1. The second-order valence-corrected chi connectivity index (χ2v) is 5.63. The summed E-state index contributed by atoms with van der Waals surface area (Å²) in [6.07, 6.45) is 6.50. The van der Waals surface area contributed by atoms with Gasteiger partial charge in [-0.15, -0.1) is 0 Å². The second kappa shape index (κ2) is 5.83. The summed E-state index contributed by atoms with van der Waals surface area (Å²) in [6.45, 7) is 3.41. The van der Waals surface area contributed by atoms with Crippen LogP contribution in [0.25, 0.3) is 0 Å². The van der Waals surface area contributed by atoms with E-state index in [2.05, 4.69) is 0 Å². The van der Waals surface area contributed by atoms with Gasteiger partial charge in [-0.05, 0) is 18.3 Å². The Kier molecular flexibility index (Phi) is 4.95. The maximum absolute atomic E-state index is 11.2. The zero-order valence-electron chi connectivity index (χ0n) is 10.9. The van der Waals surface area contributed by atoms with Crippen molar-refractivity contribution in [2.45, 2.75) is 64.0 Å². The van der Waals surface area contributed by atoms with Crippen LogP contribution < -0.4 is 5.73 Å². The molecule has 4 N–H and O–H groups in total. The molecule has 0 aromatic heterocycles. The first-order valence-electron chi connectivity index (χ1n) is 6.60. The van der Waals surface area contributed by atoms with Crippen LogP contribution in [0.1, 0.15) is 52.4 Å². The molecule has 0 amide bonds. The van der Waals surface area contributed by atoms with E-state index in [1.165, 1.54) is 19.3 Å². The minimum atomic E-state index is -1.79. The van der Waals surface area contributed by atoms with Crippen LogP contribution in [0.2, 0.25) is 0 Å². The third-order valence-corrected chi connectivity index (χ3v) is 4.10. The lowest BCUT2D eigenvalue weighted by atomic mass is 9.76. The zero-order chi connectivity index (χ0) is 13.1. The number of hydrogen-bond donors (Lipinski definition) is 3. The number of rotatable bonds is 5. The third-order valence-electron chi connectivity index (χ3n) is 4.10. The predicted octanol–water partition coefficient (Wildman–Crippen LogP) is 1.76. The first-order valence-corrected chi connectivity index (χ1v) is 6.60. The SMILES string of the molecule is CC(C)C(O)(C(=O)O)C(N)CC1CCCCC1. The molecular weight excluding hydrogens is 218 g/mol. The molecule has 0 aliphatic heterocycles. The van der Waals surface area contributed by atoms with Crippen LogP contribution >= 0.6 is 0 Å². The Labute approximate surface area is 103 Å². The molecule has 1 aliphatic rings. The Morgan fingerprint density at radius 1 is 1.35 bits per heavy atom. The molecule has 0 aromatic carbocycles. The maximum atomic E-state index is 11.2. The highest BCUT2D eigenvalue weighted by Gasteiger charge is 2.45. The Bertz CT molecular complexity index is 261. The molecule has 1 fully saturated rings. The van der Waals surface area contributed by atoms with Crippen molar-refractivity contribution in [3.63, 3.8) is 0 Å². The smallest absolute Gasteiger partial charge is 0.337 e. The van der Waals surface area contributed by atoms with Crippen molar-refractivity contribution in [1.29, 1.82) is 0 Å². The summed E-state index contributed by atoms with van der Waals surface area (Å²) in [6, 6.07) is -0.678. The summed E-state index contributed by atoms with van der Waals surface area (Å²) in [5.41, 5.74) is 4.16. The first-order chi connectivity index (χ1) is 7.89. The Balaban J connectivity index is 2.65. The highest BCUT2D eigenvalue weighted by Crippen LogP contribution is 2.31. The Morgan fingerprint density at radius 2 is 1.88 bits per heavy atom. The minimum Gasteiger partial charge on any atom is -0.479 e. The fraction of sp³-hybridized carbons (Fsp3) is 0.923. The number of hydrogen-bond acceptors (Lipinski definition) is 3. The molecule has 4 nitrogen and oxygen atoms in total. The van der Waals surface area contributed by atoms with Gasteiger partial charge in [-0.2, -0.15) is 0 Å². The van der Waals surface area contributed by atoms with Crippen LogP contribution in [-0.4, -0.2) is 27.8 Å². The average molecular weight is 243 g/mol. The van der Waals surface area contributed by atoms with Gasteiger partial charge in [-0.25, -0.2) is 4.79 Å². The fourth-order valence-corrected chi connectivity index (χ4v) is 2.80. The van der Waals surface area contributed by atoms with Gasteiger partial charge in [-0.3, -0.25) is 0 Å². The lowest BCUT2D eigenvalue weighted by Crippen LogP contribution is -2.58. The standard InChI is InChI=1S/C13H25NO3/c1-9(2)13(17,12(15)16)11(14)8-10-6-4-3-5-7-10/h9-11,17H,3-8,14H2,1-2H3,(H,15,16). The third kappa shape index (κ3) is 3.19. The summed E-state index contributed by atoms with van der Waals surface area (Å²) in [5, 5.41) is 19.4. The summed E-state index contributed by atoms with van der Waals surface area (Å²) < 4.78 is 0. The molecule has 1 rings (SSSR count). The van der Waals surface area contributed by atoms with Gasteiger partial charge in [0, 0.05) is 6.04 Å². The molecule has 1 aliphatic carbocycles. The van der Waals surface area contributed by atoms with Crippen molar-refractivity contribution in [3.05, 3.63) is 0 Å². The average Bonchev–Trinajstić information content (AvgIpc) is 2.28. The van der Waals surface area contributed by atoms with Gasteiger partial charge >= 0.3 is 5.97 Å². The minimum absolute atomic E-state index is 0.376. The van der Waals surface area contributed by atoms with Crippen molar-refractivity contribution >= 4 is 5.97 Å². The van der Waals surface area contributed by atoms with Crippen molar-refractivity contribution in [1.82, 2.24) is 0 Å².